The summed E-state index contributed by atoms with van der Waals surface area (Å²) >= 11 is 6.17. The minimum absolute atomic E-state index is 0.193. The second kappa shape index (κ2) is 7.13. The predicted octanol–water partition coefficient (Wildman–Crippen LogP) is 3.42. The fraction of sp³-hybridized carbons (Fsp3) is 0.190. The van der Waals surface area contributed by atoms with Crippen LogP contribution in [0.1, 0.15) is 18.5 Å². The first-order valence-corrected chi connectivity index (χ1v) is 9.33. The molecule has 0 radical (unpaired) electrons. The molecule has 2 aromatic heterocycles. The number of halogens is 1. The third-order valence-corrected chi connectivity index (χ3v) is 5.35. The topological polar surface area (TPSA) is 68.9 Å². The Bertz CT molecular complexity index is 1260. The number of fused-ring (bicyclic) bond motifs is 3. The molecule has 4 rings (SSSR count). The molecule has 7 heteroatoms. The number of rotatable bonds is 4. The Morgan fingerprint density at radius 1 is 1.14 bits per heavy atom. The summed E-state index contributed by atoms with van der Waals surface area (Å²) in [6, 6.07) is 14.4. The van der Waals surface area contributed by atoms with E-state index < -0.39 is 6.04 Å². The zero-order valence-corrected chi connectivity index (χ0v) is 16.3. The first kappa shape index (κ1) is 18.3. The third kappa shape index (κ3) is 2.96. The van der Waals surface area contributed by atoms with E-state index in [1.165, 1.54) is 4.68 Å². The molecule has 1 atom stereocenters. The number of hydrogen-bond donors (Lipinski definition) is 1. The Morgan fingerprint density at radius 3 is 2.64 bits per heavy atom. The number of benzene rings is 2. The van der Waals surface area contributed by atoms with Crippen molar-refractivity contribution in [2.45, 2.75) is 19.5 Å². The highest BCUT2D eigenvalue weighted by Gasteiger charge is 2.23. The van der Waals surface area contributed by atoms with Gasteiger partial charge in [-0.2, -0.15) is 5.10 Å². The molecule has 142 valence electrons. The summed E-state index contributed by atoms with van der Waals surface area (Å²) in [4.78, 5) is 25.7. The number of aryl methyl sites for hydroxylation is 1. The van der Waals surface area contributed by atoms with Crippen LogP contribution < -0.4 is 10.9 Å². The van der Waals surface area contributed by atoms with Gasteiger partial charge in [0.15, 0.2) is 0 Å². The van der Waals surface area contributed by atoms with Crippen LogP contribution in [0.15, 0.2) is 59.5 Å². The summed E-state index contributed by atoms with van der Waals surface area (Å²) in [5.41, 5.74) is 1.90. The molecule has 1 unspecified atom stereocenters. The maximum atomic E-state index is 12.9. The Kier molecular flexibility index (Phi) is 4.65. The molecule has 4 aromatic rings. The Hall–Kier alpha value is -3.12. The van der Waals surface area contributed by atoms with Crippen molar-refractivity contribution in [3.05, 3.63) is 75.7 Å². The van der Waals surface area contributed by atoms with E-state index in [4.69, 9.17) is 11.6 Å². The van der Waals surface area contributed by atoms with Crippen molar-refractivity contribution in [3.63, 3.8) is 0 Å². The molecular weight excluding hydrogens is 376 g/mol. The molecule has 0 aliphatic heterocycles. The fourth-order valence-electron chi connectivity index (χ4n) is 3.48. The maximum absolute atomic E-state index is 12.9. The van der Waals surface area contributed by atoms with E-state index in [2.05, 4.69) is 10.4 Å². The quantitative estimate of drug-likeness (QED) is 0.576. The van der Waals surface area contributed by atoms with Gasteiger partial charge in [-0.25, -0.2) is 4.68 Å². The molecule has 1 N–H and O–H groups in total. The molecule has 0 fully saturated rings. The van der Waals surface area contributed by atoms with Crippen LogP contribution in [0.3, 0.4) is 0 Å². The van der Waals surface area contributed by atoms with E-state index in [1.807, 2.05) is 42.5 Å². The van der Waals surface area contributed by atoms with E-state index in [1.54, 1.807) is 30.8 Å². The minimum Gasteiger partial charge on any atom is -0.350 e. The van der Waals surface area contributed by atoms with Gasteiger partial charge in [-0.3, -0.25) is 9.59 Å². The van der Waals surface area contributed by atoms with E-state index in [9.17, 15) is 9.59 Å². The van der Waals surface area contributed by atoms with Gasteiger partial charge in [0.1, 0.15) is 11.6 Å². The van der Waals surface area contributed by atoms with Crippen molar-refractivity contribution in [2.75, 3.05) is 0 Å². The van der Waals surface area contributed by atoms with Gasteiger partial charge in [-0.15, -0.1) is 0 Å². The molecule has 2 aromatic carbocycles. The van der Waals surface area contributed by atoms with Crippen molar-refractivity contribution >= 4 is 39.3 Å². The maximum Gasteiger partial charge on any atom is 0.291 e. The number of amides is 1. The summed E-state index contributed by atoms with van der Waals surface area (Å²) in [6.45, 7) is 2.10. The third-order valence-electron chi connectivity index (χ3n) is 4.98. The van der Waals surface area contributed by atoms with Crippen molar-refractivity contribution in [3.8, 4) is 0 Å². The van der Waals surface area contributed by atoms with Crippen molar-refractivity contribution in [1.29, 1.82) is 0 Å². The van der Waals surface area contributed by atoms with Crippen molar-refractivity contribution in [1.82, 2.24) is 19.7 Å². The predicted molar refractivity (Wildman–Crippen MR) is 110 cm³/mol. The number of aromatic nitrogens is 3. The number of carbonyl (C=O) groups is 1. The van der Waals surface area contributed by atoms with Crippen LogP contribution in [0.25, 0.3) is 21.8 Å². The number of hydrogen-bond acceptors (Lipinski definition) is 3. The molecule has 0 aliphatic rings. The van der Waals surface area contributed by atoms with Crippen LogP contribution in [-0.4, -0.2) is 20.3 Å². The summed E-state index contributed by atoms with van der Waals surface area (Å²) in [7, 11) is 1.60. The minimum atomic E-state index is -0.583. The van der Waals surface area contributed by atoms with E-state index in [0.717, 1.165) is 21.9 Å². The lowest BCUT2D eigenvalue weighted by atomic mass is 10.2. The lowest BCUT2D eigenvalue weighted by Gasteiger charge is -2.17. The molecule has 6 nitrogen and oxygen atoms in total. The number of nitrogens with one attached hydrogen (secondary N) is 1. The standard InChI is InChI=1S/C21H19ClN4O2/c1-13(20(27)23-11-14-7-3-5-9-17(14)22)26-18-10-6-4-8-15(18)16-12-24-25(2)21(28)19(16)26/h3-10,12-13H,11H2,1-2H3,(H,23,27). The first-order valence-electron chi connectivity index (χ1n) is 8.95. The van der Waals surface area contributed by atoms with Gasteiger partial charge in [0.2, 0.25) is 5.91 Å². The van der Waals surface area contributed by atoms with Gasteiger partial charge < -0.3 is 9.88 Å². The normalized spacial score (nSPS) is 12.4. The smallest absolute Gasteiger partial charge is 0.291 e. The molecule has 0 bridgehead atoms. The van der Waals surface area contributed by atoms with Crippen molar-refractivity contribution < 1.29 is 4.79 Å². The number of para-hydroxylation sites is 1. The average molecular weight is 395 g/mol. The largest absolute Gasteiger partial charge is 0.350 e. The molecule has 1 amide bonds. The monoisotopic (exact) mass is 394 g/mol. The van der Waals surface area contributed by atoms with Crippen molar-refractivity contribution in [2.24, 2.45) is 7.05 Å². The summed E-state index contributed by atoms with van der Waals surface area (Å²) < 4.78 is 3.07. The molecule has 2 heterocycles. The van der Waals surface area contributed by atoms with Crippen LogP contribution >= 0.6 is 11.6 Å². The lowest BCUT2D eigenvalue weighted by molar-refractivity contribution is -0.123. The van der Waals surface area contributed by atoms with E-state index in [-0.39, 0.29) is 11.5 Å². The molecule has 0 spiro atoms. The highest BCUT2D eigenvalue weighted by atomic mass is 35.5. The second-order valence-electron chi connectivity index (χ2n) is 6.71. The Balaban J connectivity index is 1.77. The number of nitrogens with zero attached hydrogens (tertiary/aromatic N) is 3. The summed E-state index contributed by atoms with van der Waals surface area (Å²) in [5.74, 6) is -0.193. The summed E-state index contributed by atoms with van der Waals surface area (Å²) in [6.07, 6.45) is 1.67. The zero-order valence-electron chi connectivity index (χ0n) is 15.5. The average Bonchev–Trinajstić information content (AvgIpc) is 3.04. The molecule has 0 aliphatic carbocycles. The van der Waals surface area contributed by atoms with Crippen LogP contribution in [0.5, 0.6) is 0 Å². The van der Waals surface area contributed by atoms with Crippen LogP contribution in [-0.2, 0) is 18.4 Å². The van der Waals surface area contributed by atoms with Gasteiger partial charge in [0.25, 0.3) is 5.56 Å². The Labute approximate surface area is 166 Å². The zero-order chi connectivity index (χ0) is 19.8. The molecule has 0 saturated carbocycles. The van der Waals surface area contributed by atoms with Crippen LogP contribution in [0.2, 0.25) is 5.02 Å². The van der Waals surface area contributed by atoms with Gasteiger partial charge in [-0.05, 0) is 24.6 Å². The van der Waals surface area contributed by atoms with Gasteiger partial charge >= 0.3 is 0 Å². The van der Waals surface area contributed by atoms with Gasteiger partial charge in [-0.1, -0.05) is 48.0 Å². The van der Waals surface area contributed by atoms with Crippen LogP contribution in [0, 0.1) is 0 Å². The first-order chi connectivity index (χ1) is 13.5. The number of carbonyl (C=O) groups excluding carboxylic acids is 1. The Morgan fingerprint density at radius 2 is 1.86 bits per heavy atom. The molecule has 28 heavy (non-hydrogen) atoms. The van der Waals surface area contributed by atoms with Gasteiger partial charge in [0, 0.05) is 29.4 Å². The highest BCUT2D eigenvalue weighted by molar-refractivity contribution is 6.31. The van der Waals surface area contributed by atoms with Crippen LogP contribution in [0.4, 0.5) is 0 Å². The van der Waals surface area contributed by atoms with Gasteiger partial charge in [0.05, 0.1) is 11.7 Å². The lowest BCUT2D eigenvalue weighted by Crippen LogP contribution is -2.32. The fourth-order valence-corrected chi connectivity index (χ4v) is 3.68. The second-order valence-corrected chi connectivity index (χ2v) is 7.12. The van der Waals surface area contributed by atoms with E-state index in [0.29, 0.717) is 17.1 Å². The molecular formula is C21H19ClN4O2. The summed E-state index contributed by atoms with van der Waals surface area (Å²) in [5, 5.41) is 9.30. The SMILES string of the molecule is CC(C(=O)NCc1ccccc1Cl)n1c2ccccc2c2cnn(C)c(=O)c21. The molecule has 0 saturated heterocycles. The van der Waals surface area contributed by atoms with E-state index >= 15 is 0 Å². The highest BCUT2D eigenvalue weighted by Crippen LogP contribution is 2.29.